The lowest BCUT2D eigenvalue weighted by Gasteiger charge is -2.33. The molecule has 0 aliphatic carbocycles. The maximum absolute atomic E-state index is 10.9. The van der Waals surface area contributed by atoms with E-state index < -0.39 is 17.4 Å². The van der Waals surface area contributed by atoms with Crippen LogP contribution >= 0.6 is 0 Å². The first kappa shape index (κ1) is 9.98. The van der Waals surface area contributed by atoms with Crippen molar-refractivity contribution in [2.75, 3.05) is 13.2 Å². The Hall–Kier alpha value is -1.10. The third-order valence-corrected chi connectivity index (χ3v) is 2.05. The maximum Gasteiger partial charge on any atom is 0.394 e. The van der Waals surface area contributed by atoms with Crippen molar-refractivity contribution in [3.8, 4) is 0 Å². The molecule has 0 radical (unpaired) electrons. The molecule has 1 amide bonds. The third-order valence-electron chi connectivity index (χ3n) is 2.05. The first-order valence-corrected chi connectivity index (χ1v) is 4.17. The highest BCUT2D eigenvalue weighted by molar-refractivity contribution is 6.31. The van der Waals surface area contributed by atoms with Crippen molar-refractivity contribution in [1.82, 2.24) is 5.32 Å². The number of aliphatic carboxylic acids is 1. The molecular formula is C8H13NO4. The summed E-state index contributed by atoms with van der Waals surface area (Å²) in [6, 6.07) is 0. The molecule has 5 heteroatoms. The number of amides is 1. The second kappa shape index (κ2) is 3.74. The Morgan fingerprint density at radius 1 is 1.54 bits per heavy atom. The van der Waals surface area contributed by atoms with Gasteiger partial charge in [0, 0.05) is 6.61 Å². The molecule has 0 bridgehead atoms. The molecule has 13 heavy (non-hydrogen) atoms. The number of carbonyl (C=O) groups excluding carboxylic acids is 1. The lowest BCUT2D eigenvalue weighted by Crippen LogP contribution is -2.53. The van der Waals surface area contributed by atoms with Gasteiger partial charge in [0.05, 0.1) is 12.1 Å². The molecule has 0 aromatic rings. The smallest absolute Gasteiger partial charge is 0.394 e. The lowest BCUT2D eigenvalue weighted by atomic mass is 9.95. The van der Waals surface area contributed by atoms with Crippen LogP contribution in [0.15, 0.2) is 0 Å². The zero-order valence-electron chi connectivity index (χ0n) is 7.50. The van der Waals surface area contributed by atoms with Crippen LogP contribution in [0.5, 0.6) is 0 Å². The summed E-state index contributed by atoms with van der Waals surface area (Å²) < 4.78 is 5.16. The number of carboxylic acids is 1. The highest BCUT2D eigenvalue weighted by atomic mass is 16.5. The summed E-state index contributed by atoms with van der Waals surface area (Å²) >= 11 is 0. The Balaban J connectivity index is 2.50. The van der Waals surface area contributed by atoms with E-state index in [-0.39, 0.29) is 0 Å². The van der Waals surface area contributed by atoms with Crippen LogP contribution in [0.2, 0.25) is 0 Å². The summed E-state index contributed by atoms with van der Waals surface area (Å²) in [4.78, 5) is 21.1. The van der Waals surface area contributed by atoms with Crippen molar-refractivity contribution >= 4 is 11.9 Å². The van der Waals surface area contributed by atoms with Crippen molar-refractivity contribution in [3.05, 3.63) is 0 Å². The van der Waals surface area contributed by atoms with Gasteiger partial charge in [0.15, 0.2) is 0 Å². The summed E-state index contributed by atoms with van der Waals surface area (Å²) in [5, 5.41) is 10.8. The molecule has 1 rings (SSSR count). The molecule has 0 aromatic heterocycles. The minimum Gasteiger partial charge on any atom is -0.474 e. The molecule has 5 nitrogen and oxygen atoms in total. The van der Waals surface area contributed by atoms with Gasteiger partial charge < -0.3 is 15.2 Å². The van der Waals surface area contributed by atoms with Crippen molar-refractivity contribution in [2.45, 2.75) is 25.3 Å². The molecule has 1 fully saturated rings. The molecule has 0 spiro atoms. The van der Waals surface area contributed by atoms with E-state index >= 15 is 0 Å². The minimum absolute atomic E-state index is 0.381. The summed E-state index contributed by atoms with van der Waals surface area (Å²) in [6.45, 7) is 2.84. The fraction of sp³-hybridized carbons (Fsp3) is 0.750. The van der Waals surface area contributed by atoms with Gasteiger partial charge in [-0.3, -0.25) is 4.79 Å². The lowest BCUT2D eigenvalue weighted by molar-refractivity contribution is -0.151. The average molecular weight is 187 g/mol. The summed E-state index contributed by atoms with van der Waals surface area (Å²) in [7, 11) is 0. The molecule has 1 heterocycles. The van der Waals surface area contributed by atoms with Crippen LogP contribution in [0.1, 0.15) is 19.8 Å². The number of carboxylic acid groups (broad SMARTS) is 1. The number of hydrogen-bond donors (Lipinski definition) is 2. The molecule has 1 aliphatic heterocycles. The average Bonchev–Trinajstić information content (AvgIpc) is 2.04. The molecule has 0 saturated carbocycles. The van der Waals surface area contributed by atoms with Gasteiger partial charge in [0.1, 0.15) is 0 Å². The van der Waals surface area contributed by atoms with Gasteiger partial charge in [-0.05, 0) is 19.8 Å². The standard InChI is InChI=1S/C8H13NO4/c1-8(3-2-4-13-5-8)9-6(10)7(11)12/h2-5H2,1H3,(H,9,10)(H,11,12). The Labute approximate surface area is 76.1 Å². The van der Waals surface area contributed by atoms with Crippen LogP contribution in [0.4, 0.5) is 0 Å². The van der Waals surface area contributed by atoms with E-state index in [0.29, 0.717) is 13.2 Å². The normalized spacial score (nSPS) is 28.1. The van der Waals surface area contributed by atoms with Crippen molar-refractivity contribution in [2.24, 2.45) is 0 Å². The van der Waals surface area contributed by atoms with E-state index in [1.54, 1.807) is 6.92 Å². The van der Waals surface area contributed by atoms with Crippen LogP contribution in [-0.2, 0) is 14.3 Å². The number of hydrogen-bond acceptors (Lipinski definition) is 3. The Morgan fingerprint density at radius 2 is 2.23 bits per heavy atom. The van der Waals surface area contributed by atoms with Gasteiger partial charge in [0.25, 0.3) is 0 Å². The number of ether oxygens (including phenoxy) is 1. The maximum atomic E-state index is 10.9. The third kappa shape index (κ3) is 2.69. The summed E-state index contributed by atoms with van der Waals surface area (Å²) in [6.07, 6.45) is 1.60. The molecule has 1 saturated heterocycles. The summed E-state index contributed by atoms with van der Waals surface area (Å²) in [5.41, 5.74) is -0.520. The van der Waals surface area contributed by atoms with Crippen molar-refractivity contribution < 1.29 is 19.4 Å². The zero-order chi connectivity index (χ0) is 9.90. The highest BCUT2D eigenvalue weighted by Crippen LogP contribution is 2.17. The molecule has 1 aliphatic rings. The molecule has 74 valence electrons. The van der Waals surface area contributed by atoms with Crippen LogP contribution in [0, 0.1) is 0 Å². The van der Waals surface area contributed by atoms with E-state index in [0.717, 1.165) is 12.8 Å². The van der Waals surface area contributed by atoms with Gasteiger partial charge in [-0.15, -0.1) is 0 Å². The quantitative estimate of drug-likeness (QED) is 0.555. The first-order valence-electron chi connectivity index (χ1n) is 4.17. The van der Waals surface area contributed by atoms with Gasteiger partial charge in [0.2, 0.25) is 0 Å². The second-order valence-electron chi connectivity index (χ2n) is 3.48. The number of rotatable bonds is 1. The highest BCUT2D eigenvalue weighted by Gasteiger charge is 2.31. The monoisotopic (exact) mass is 187 g/mol. The molecule has 2 N–H and O–H groups in total. The largest absolute Gasteiger partial charge is 0.474 e. The Bertz CT molecular complexity index is 220. The van der Waals surface area contributed by atoms with Crippen LogP contribution in [-0.4, -0.2) is 35.7 Å². The van der Waals surface area contributed by atoms with E-state index in [4.69, 9.17) is 9.84 Å². The fourth-order valence-corrected chi connectivity index (χ4v) is 1.36. The molecule has 1 unspecified atom stereocenters. The SMILES string of the molecule is CC1(NC(=O)C(=O)O)CCCOC1. The molecule has 0 aromatic carbocycles. The first-order chi connectivity index (χ1) is 6.03. The Kier molecular flexibility index (Phi) is 2.87. The van der Waals surface area contributed by atoms with Gasteiger partial charge in [-0.25, -0.2) is 4.79 Å². The topological polar surface area (TPSA) is 75.6 Å². The van der Waals surface area contributed by atoms with Crippen molar-refractivity contribution in [1.29, 1.82) is 0 Å². The van der Waals surface area contributed by atoms with Crippen LogP contribution < -0.4 is 5.32 Å². The Morgan fingerprint density at radius 3 is 2.69 bits per heavy atom. The van der Waals surface area contributed by atoms with Crippen LogP contribution in [0.3, 0.4) is 0 Å². The van der Waals surface area contributed by atoms with Crippen molar-refractivity contribution in [3.63, 3.8) is 0 Å². The number of carbonyl (C=O) groups is 2. The summed E-state index contributed by atoms with van der Waals surface area (Å²) in [5.74, 6) is -2.42. The van der Waals surface area contributed by atoms with Crippen LogP contribution in [0.25, 0.3) is 0 Å². The minimum atomic E-state index is -1.45. The van der Waals surface area contributed by atoms with Gasteiger partial charge in [-0.1, -0.05) is 0 Å². The van der Waals surface area contributed by atoms with E-state index in [9.17, 15) is 9.59 Å². The molecular weight excluding hydrogens is 174 g/mol. The van der Waals surface area contributed by atoms with E-state index in [2.05, 4.69) is 5.32 Å². The van der Waals surface area contributed by atoms with E-state index in [1.807, 2.05) is 0 Å². The zero-order valence-corrected chi connectivity index (χ0v) is 7.50. The molecule has 1 atom stereocenters. The number of nitrogens with one attached hydrogen (secondary N) is 1. The predicted octanol–water partition coefficient (Wildman–Crippen LogP) is -0.244. The second-order valence-corrected chi connectivity index (χ2v) is 3.48. The fourth-order valence-electron chi connectivity index (χ4n) is 1.36. The van der Waals surface area contributed by atoms with Gasteiger partial charge >= 0.3 is 11.9 Å². The predicted molar refractivity (Wildman–Crippen MR) is 44.2 cm³/mol. The van der Waals surface area contributed by atoms with Gasteiger partial charge in [-0.2, -0.15) is 0 Å². The van der Waals surface area contributed by atoms with E-state index in [1.165, 1.54) is 0 Å².